The third kappa shape index (κ3) is 6.00. The number of rotatable bonds is 7. The van der Waals surface area contributed by atoms with Crippen LogP contribution < -0.4 is 20.5 Å². The number of ether oxygens (including phenoxy) is 1. The van der Waals surface area contributed by atoms with E-state index in [0.717, 1.165) is 0 Å². The largest absolute Gasteiger partial charge is 0.444 e. The summed E-state index contributed by atoms with van der Waals surface area (Å²) < 4.78 is 44.9. The highest BCUT2D eigenvalue weighted by molar-refractivity contribution is 7.13. The number of nitrogens with zero attached hydrogens (tertiary/aromatic N) is 4. The normalized spacial score (nSPS) is 18.6. The molecule has 14 heteroatoms. The van der Waals surface area contributed by atoms with Crippen LogP contribution in [0.25, 0.3) is 0 Å². The summed E-state index contributed by atoms with van der Waals surface area (Å²) in [6.07, 6.45) is -3.37. The molecule has 0 bridgehead atoms. The first-order valence-electron chi connectivity index (χ1n) is 10.9. The van der Waals surface area contributed by atoms with E-state index in [-0.39, 0.29) is 31.2 Å². The second-order valence-electron chi connectivity index (χ2n) is 7.87. The Bertz CT molecular complexity index is 1070. The summed E-state index contributed by atoms with van der Waals surface area (Å²) in [6, 6.07) is 3.94. The Balaban J connectivity index is 1.35. The van der Waals surface area contributed by atoms with Crippen LogP contribution in [0.3, 0.4) is 0 Å². The molecule has 188 valence electrons. The number of ketones is 1. The lowest BCUT2D eigenvalue weighted by molar-refractivity contribution is -0.129. The smallest absolute Gasteiger partial charge is 0.414 e. The van der Waals surface area contributed by atoms with Crippen molar-refractivity contribution in [2.24, 2.45) is 0 Å². The molecule has 3 heterocycles. The maximum absolute atomic E-state index is 15.0. The van der Waals surface area contributed by atoms with E-state index < -0.39 is 36.6 Å². The Morgan fingerprint density at radius 1 is 1.29 bits per heavy atom. The fourth-order valence-electron chi connectivity index (χ4n) is 3.81. The number of nitrogens with one attached hydrogen (secondary N) is 2. The standard InChI is InChI=1S/C21H23F3N6O4S/c22-15-11-13(29-12-14(34-21(29)33)2-4-17(31)18(23)24)1-3-16(15)28-7-5-26-30(9-8-28)20(32)27-19-25-6-10-35-19/h1,3,6,10-11,14,18,26H,2,4-5,7-9,12H2,(H,25,27,32)/t14-/m0/s1. The van der Waals surface area contributed by atoms with Gasteiger partial charge in [-0.1, -0.05) is 0 Å². The Kier molecular flexibility index (Phi) is 7.70. The Labute approximate surface area is 202 Å². The fraction of sp³-hybridized carbons (Fsp3) is 0.429. The van der Waals surface area contributed by atoms with Gasteiger partial charge in [0.25, 0.3) is 6.43 Å². The second kappa shape index (κ2) is 10.9. The van der Waals surface area contributed by atoms with Crippen LogP contribution in [0, 0.1) is 5.82 Å². The number of benzene rings is 1. The van der Waals surface area contributed by atoms with Gasteiger partial charge in [0.15, 0.2) is 10.9 Å². The van der Waals surface area contributed by atoms with Crippen LogP contribution in [0.1, 0.15) is 12.8 Å². The third-order valence-electron chi connectivity index (χ3n) is 5.58. The van der Waals surface area contributed by atoms with Gasteiger partial charge in [-0.05, 0) is 24.6 Å². The Hall–Kier alpha value is -3.39. The highest BCUT2D eigenvalue weighted by Gasteiger charge is 2.33. The van der Waals surface area contributed by atoms with Crippen molar-refractivity contribution in [3.63, 3.8) is 0 Å². The average molecular weight is 513 g/mol. The molecule has 1 atom stereocenters. The number of alkyl halides is 2. The average Bonchev–Trinajstić information content (AvgIpc) is 3.39. The van der Waals surface area contributed by atoms with E-state index in [4.69, 9.17) is 4.74 Å². The van der Waals surface area contributed by atoms with Crippen LogP contribution in [-0.4, -0.2) is 73.2 Å². The molecule has 2 saturated heterocycles. The quantitative estimate of drug-likeness (QED) is 0.587. The van der Waals surface area contributed by atoms with E-state index in [9.17, 15) is 23.2 Å². The minimum Gasteiger partial charge on any atom is -0.444 e. The number of anilines is 3. The van der Waals surface area contributed by atoms with Crippen molar-refractivity contribution in [2.75, 3.05) is 47.8 Å². The number of hydrogen-bond donors (Lipinski definition) is 2. The van der Waals surface area contributed by atoms with Gasteiger partial charge >= 0.3 is 12.1 Å². The maximum Gasteiger partial charge on any atom is 0.414 e. The first-order chi connectivity index (χ1) is 16.8. The predicted molar refractivity (Wildman–Crippen MR) is 122 cm³/mol. The van der Waals surface area contributed by atoms with Gasteiger partial charge in [-0.2, -0.15) is 0 Å². The number of carbonyl (C=O) groups excluding carboxylic acids is 3. The first-order valence-corrected chi connectivity index (χ1v) is 11.7. The molecule has 2 fully saturated rings. The number of halogens is 3. The highest BCUT2D eigenvalue weighted by atomic mass is 32.1. The number of aromatic nitrogens is 1. The summed E-state index contributed by atoms with van der Waals surface area (Å²) in [6.45, 7) is 1.51. The molecule has 0 spiro atoms. The molecule has 35 heavy (non-hydrogen) atoms. The van der Waals surface area contributed by atoms with Gasteiger partial charge in [0.1, 0.15) is 11.9 Å². The molecular formula is C21H23F3N6O4S. The molecule has 1 aromatic carbocycles. The van der Waals surface area contributed by atoms with Gasteiger partial charge in [0, 0.05) is 37.6 Å². The Morgan fingerprint density at radius 3 is 2.83 bits per heavy atom. The van der Waals surface area contributed by atoms with Crippen molar-refractivity contribution in [2.45, 2.75) is 25.4 Å². The lowest BCUT2D eigenvalue weighted by atomic mass is 10.1. The molecule has 10 nitrogen and oxygen atoms in total. The van der Waals surface area contributed by atoms with Crippen molar-refractivity contribution >= 4 is 45.8 Å². The minimum absolute atomic E-state index is 0.0284. The number of amides is 3. The van der Waals surface area contributed by atoms with Crippen LogP contribution in [0.2, 0.25) is 0 Å². The number of thiazole rings is 1. The summed E-state index contributed by atoms with van der Waals surface area (Å²) in [4.78, 5) is 42.7. The van der Waals surface area contributed by atoms with Crippen LogP contribution in [0.5, 0.6) is 0 Å². The molecule has 0 radical (unpaired) electrons. The van der Waals surface area contributed by atoms with Crippen molar-refractivity contribution in [1.82, 2.24) is 15.4 Å². The molecular weight excluding hydrogens is 489 g/mol. The number of hydrazine groups is 1. The van der Waals surface area contributed by atoms with Crippen LogP contribution in [0.15, 0.2) is 29.8 Å². The van der Waals surface area contributed by atoms with E-state index >= 15 is 4.39 Å². The van der Waals surface area contributed by atoms with Gasteiger partial charge in [-0.3, -0.25) is 20.0 Å². The van der Waals surface area contributed by atoms with E-state index in [1.54, 1.807) is 22.5 Å². The lowest BCUT2D eigenvalue weighted by Crippen LogP contribution is -2.46. The van der Waals surface area contributed by atoms with Gasteiger partial charge in [0.05, 0.1) is 24.5 Å². The molecule has 0 saturated carbocycles. The molecule has 2 aliphatic heterocycles. The molecule has 0 unspecified atom stereocenters. The van der Waals surface area contributed by atoms with Crippen LogP contribution in [0.4, 0.5) is 39.3 Å². The van der Waals surface area contributed by atoms with Gasteiger partial charge in [0.2, 0.25) is 0 Å². The summed E-state index contributed by atoms with van der Waals surface area (Å²) in [5, 5.41) is 6.32. The third-order valence-corrected chi connectivity index (χ3v) is 6.27. The summed E-state index contributed by atoms with van der Waals surface area (Å²) >= 11 is 1.30. The van der Waals surface area contributed by atoms with Crippen molar-refractivity contribution < 1.29 is 32.3 Å². The lowest BCUT2D eigenvalue weighted by Gasteiger charge is -2.24. The zero-order valence-electron chi connectivity index (χ0n) is 18.5. The SMILES string of the molecule is O=C(CC[C@H]1CN(c2ccc(N3CCNN(C(=O)Nc4nccs4)CC3)c(F)c2)C(=O)O1)C(F)F. The van der Waals surface area contributed by atoms with Gasteiger partial charge < -0.3 is 9.64 Å². The fourth-order valence-corrected chi connectivity index (χ4v) is 4.32. The number of hydrogen-bond acceptors (Lipinski definition) is 8. The molecule has 1 aromatic heterocycles. The predicted octanol–water partition coefficient (Wildman–Crippen LogP) is 3.08. The summed E-state index contributed by atoms with van der Waals surface area (Å²) in [7, 11) is 0. The zero-order chi connectivity index (χ0) is 24.9. The molecule has 2 aromatic rings. The van der Waals surface area contributed by atoms with E-state index in [1.807, 2.05) is 0 Å². The van der Waals surface area contributed by atoms with Crippen LogP contribution in [-0.2, 0) is 9.53 Å². The van der Waals surface area contributed by atoms with Crippen molar-refractivity contribution in [1.29, 1.82) is 0 Å². The summed E-state index contributed by atoms with van der Waals surface area (Å²) in [5.41, 5.74) is 3.57. The van der Waals surface area contributed by atoms with Gasteiger partial charge in [-0.25, -0.2) is 33.2 Å². The second-order valence-corrected chi connectivity index (χ2v) is 8.77. The monoisotopic (exact) mass is 512 g/mol. The molecule has 3 amide bonds. The minimum atomic E-state index is -3.06. The Morgan fingerprint density at radius 2 is 2.11 bits per heavy atom. The zero-order valence-corrected chi connectivity index (χ0v) is 19.3. The van der Waals surface area contributed by atoms with Crippen LogP contribution >= 0.6 is 11.3 Å². The van der Waals surface area contributed by atoms with Gasteiger partial charge in [-0.15, -0.1) is 11.3 Å². The van der Waals surface area contributed by atoms with Crippen molar-refractivity contribution in [3.8, 4) is 0 Å². The topological polar surface area (TPSA) is 107 Å². The molecule has 0 aliphatic carbocycles. The molecule has 2 N–H and O–H groups in total. The van der Waals surface area contributed by atoms with E-state index in [2.05, 4.69) is 15.7 Å². The number of cyclic esters (lactones) is 1. The molecule has 4 rings (SSSR count). The number of urea groups is 1. The highest BCUT2D eigenvalue weighted by Crippen LogP contribution is 2.29. The van der Waals surface area contributed by atoms with E-state index in [0.29, 0.717) is 30.5 Å². The maximum atomic E-state index is 15.0. The first kappa shape index (κ1) is 24.7. The summed E-state index contributed by atoms with van der Waals surface area (Å²) in [5.74, 6) is -1.77. The number of carbonyl (C=O) groups is 3. The number of Topliss-reactive ketones (excluding diaryl/α,β-unsaturated/α-hetero) is 1. The van der Waals surface area contributed by atoms with Crippen molar-refractivity contribution in [3.05, 3.63) is 35.6 Å². The van der Waals surface area contributed by atoms with E-state index in [1.165, 1.54) is 33.4 Å². The molecule has 2 aliphatic rings.